The molecule has 0 spiro atoms. The van der Waals surface area contributed by atoms with Gasteiger partial charge in [-0.2, -0.15) is 5.10 Å². The minimum Gasteiger partial charge on any atom is -0.477 e. The number of hydrogen-bond donors (Lipinski definition) is 2. The maximum atomic E-state index is 12.5. The molecular formula is C16H18N4O6S. The van der Waals surface area contributed by atoms with Gasteiger partial charge in [0.05, 0.1) is 0 Å². The van der Waals surface area contributed by atoms with E-state index in [9.17, 15) is 24.3 Å². The molecule has 2 N–H and O–H groups in total. The quantitative estimate of drug-likeness (QED) is 0.502. The van der Waals surface area contributed by atoms with Crippen molar-refractivity contribution in [3.8, 4) is 0 Å². The first-order valence-corrected chi connectivity index (χ1v) is 9.26. The Balaban J connectivity index is 1.76. The molecule has 1 aromatic rings. The summed E-state index contributed by atoms with van der Waals surface area (Å²) in [5.41, 5.74) is 0.490. The van der Waals surface area contributed by atoms with Crippen LogP contribution in [0.25, 0.3) is 0 Å². The molecule has 2 unspecified atom stereocenters. The van der Waals surface area contributed by atoms with Crippen LogP contribution in [0.5, 0.6) is 0 Å². The van der Waals surface area contributed by atoms with Crippen molar-refractivity contribution in [1.29, 1.82) is 0 Å². The zero-order valence-electron chi connectivity index (χ0n) is 14.7. The van der Waals surface area contributed by atoms with Crippen molar-refractivity contribution in [2.75, 3.05) is 12.4 Å². The van der Waals surface area contributed by atoms with E-state index in [0.29, 0.717) is 17.8 Å². The van der Waals surface area contributed by atoms with Gasteiger partial charge in [0.2, 0.25) is 0 Å². The van der Waals surface area contributed by atoms with Crippen LogP contribution in [0.4, 0.5) is 0 Å². The lowest BCUT2D eigenvalue weighted by molar-refractivity contribution is -0.149. The molecule has 1 fully saturated rings. The number of thioether (sulfide) groups is 1. The summed E-state index contributed by atoms with van der Waals surface area (Å²) < 4.78 is 6.38. The monoisotopic (exact) mass is 394 g/mol. The molecule has 2 amide bonds. The first kappa shape index (κ1) is 19.0. The van der Waals surface area contributed by atoms with Crippen LogP contribution >= 0.6 is 11.8 Å². The summed E-state index contributed by atoms with van der Waals surface area (Å²) >= 11 is 1.31. The summed E-state index contributed by atoms with van der Waals surface area (Å²) in [5.74, 6) is -2.49. The summed E-state index contributed by atoms with van der Waals surface area (Å²) in [6, 6.07) is 0.723. The number of ether oxygens (including phenoxy) is 1. The zero-order valence-corrected chi connectivity index (χ0v) is 15.5. The highest BCUT2D eigenvalue weighted by molar-refractivity contribution is 8.00. The van der Waals surface area contributed by atoms with E-state index in [4.69, 9.17) is 4.74 Å². The first-order valence-electron chi connectivity index (χ1n) is 8.21. The number of β-lactam (4-membered cyclic amide) rings is 1. The number of rotatable bonds is 6. The Morgan fingerprint density at radius 3 is 2.81 bits per heavy atom. The number of nitrogens with one attached hydrogen (secondary N) is 1. The van der Waals surface area contributed by atoms with Gasteiger partial charge in [0.15, 0.2) is 0 Å². The van der Waals surface area contributed by atoms with Crippen LogP contribution < -0.4 is 5.32 Å². The van der Waals surface area contributed by atoms with E-state index >= 15 is 0 Å². The zero-order chi connectivity index (χ0) is 19.7. The van der Waals surface area contributed by atoms with Gasteiger partial charge in [-0.3, -0.25) is 24.0 Å². The Labute approximate surface area is 158 Å². The normalized spacial score (nSPS) is 21.4. The van der Waals surface area contributed by atoms with Crippen LogP contribution in [-0.4, -0.2) is 67.3 Å². The molecule has 0 aliphatic carbocycles. The molecule has 11 heteroatoms. The average Bonchev–Trinajstić information content (AvgIpc) is 3.11. The van der Waals surface area contributed by atoms with Gasteiger partial charge < -0.3 is 15.2 Å². The van der Waals surface area contributed by atoms with Crippen LogP contribution in [0, 0.1) is 0 Å². The number of fused-ring (bicyclic) bond motifs is 1. The van der Waals surface area contributed by atoms with Gasteiger partial charge in [-0.1, -0.05) is 0 Å². The maximum absolute atomic E-state index is 12.5. The second kappa shape index (κ2) is 7.43. The van der Waals surface area contributed by atoms with E-state index in [-0.39, 0.29) is 18.1 Å². The molecule has 0 saturated carbocycles. The number of amides is 2. The number of carboxylic acid groups (broad SMARTS) is 1. The number of esters is 1. The van der Waals surface area contributed by atoms with E-state index < -0.39 is 35.2 Å². The van der Waals surface area contributed by atoms with Crippen molar-refractivity contribution >= 4 is 35.5 Å². The highest BCUT2D eigenvalue weighted by atomic mass is 32.2. The van der Waals surface area contributed by atoms with Crippen LogP contribution in [0.15, 0.2) is 23.5 Å². The average molecular weight is 394 g/mol. The van der Waals surface area contributed by atoms with Gasteiger partial charge in [-0.15, -0.1) is 11.8 Å². The highest BCUT2D eigenvalue weighted by Crippen LogP contribution is 2.40. The number of aliphatic carboxylic acids is 1. The smallest absolute Gasteiger partial charge is 0.352 e. The van der Waals surface area contributed by atoms with Crippen molar-refractivity contribution in [2.24, 2.45) is 0 Å². The van der Waals surface area contributed by atoms with Crippen molar-refractivity contribution < 1.29 is 29.0 Å². The Morgan fingerprint density at radius 2 is 2.19 bits per heavy atom. The maximum Gasteiger partial charge on any atom is 0.352 e. The fraction of sp³-hybridized carbons (Fsp3) is 0.438. The molecular weight excluding hydrogens is 376 g/mol. The predicted octanol–water partition coefficient (Wildman–Crippen LogP) is -0.182. The van der Waals surface area contributed by atoms with Gasteiger partial charge in [0, 0.05) is 31.0 Å². The lowest BCUT2D eigenvalue weighted by atomic mass is 10.0. The molecule has 2 atom stereocenters. The molecule has 1 saturated heterocycles. The molecule has 10 nitrogen and oxygen atoms in total. The van der Waals surface area contributed by atoms with Crippen molar-refractivity contribution in [2.45, 2.75) is 31.8 Å². The fourth-order valence-electron chi connectivity index (χ4n) is 2.98. The number of nitrogens with zero attached hydrogens (tertiary/aromatic N) is 3. The van der Waals surface area contributed by atoms with Gasteiger partial charge in [-0.05, 0) is 13.0 Å². The van der Waals surface area contributed by atoms with Crippen LogP contribution in [0.2, 0.25) is 0 Å². The van der Waals surface area contributed by atoms with Crippen molar-refractivity contribution in [1.82, 2.24) is 20.0 Å². The molecule has 0 aromatic carbocycles. The molecule has 2 aliphatic heterocycles. The lowest BCUT2D eigenvalue weighted by Gasteiger charge is -2.49. The molecule has 3 heterocycles. The Morgan fingerprint density at radius 1 is 1.44 bits per heavy atom. The molecule has 2 aliphatic rings. The van der Waals surface area contributed by atoms with Crippen LogP contribution in [0.3, 0.4) is 0 Å². The Kier molecular flexibility index (Phi) is 5.22. The van der Waals surface area contributed by atoms with E-state index in [2.05, 4.69) is 10.4 Å². The van der Waals surface area contributed by atoms with Gasteiger partial charge in [0.25, 0.3) is 11.8 Å². The fourth-order valence-corrected chi connectivity index (χ4v) is 4.30. The molecule has 144 valence electrons. The van der Waals surface area contributed by atoms with Crippen LogP contribution in [-0.2, 0) is 25.7 Å². The van der Waals surface area contributed by atoms with E-state index in [1.807, 2.05) is 6.92 Å². The van der Waals surface area contributed by atoms with Crippen molar-refractivity contribution in [3.05, 3.63) is 29.2 Å². The Hall–Kier alpha value is -2.82. The number of hydrogen-bond acceptors (Lipinski definition) is 7. The summed E-state index contributed by atoms with van der Waals surface area (Å²) in [5, 5.41) is 15.6. The molecule has 0 bridgehead atoms. The number of carboxylic acids is 1. The van der Waals surface area contributed by atoms with E-state index in [0.717, 1.165) is 4.90 Å². The highest BCUT2D eigenvalue weighted by Gasteiger charge is 2.54. The standard InChI is InChI=1S/C16H18N4O6S/c1-3-19-10(4-5-17-19)13(22)18-11-14(23)20-12(16(24)25)9(6-26-8(2)21)7-27-15(11)20/h4-5,11,15H,3,6-7H2,1-2H3,(H,18,22)(H,24,25). The molecule has 27 heavy (non-hydrogen) atoms. The van der Waals surface area contributed by atoms with Gasteiger partial charge >= 0.3 is 11.9 Å². The molecule has 0 radical (unpaired) electrons. The summed E-state index contributed by atoms with van der Waals surface area (Å²) in [4.78, 5) is 48.7. The van der Waals surface area contributed by atoms with Crippen molar-refractivity contribution in [3.63, 3.8) is 0 Å². The third-order valence-electron chi connectivity index (χ3n) is 4.23. The SMILES string of the molecule is CCn1nccc1C(=O)NC1C(=O)N2C(C(=O)O)=C(COC(C)=O)CSC12. The number of carbonyl (C=O) groups excluding carboxylic acids is 3. The minimum atomic E-state index is -1.27. The van der Waals surface area contributed by atoms with Gasteiger partial charge in [0.1, 0.15) is 29.4 Å². The van der Waals surface area contributed by atoms with E-state index in [1.165, 1.54) is 29.6 Å². The summed E-state index contributed by atoms with van der Waals surface area (Å²) in [6.45, 7) is 3.38. The molecule has 1 aromatic heterocycles. The molecule has 3 rings (SSSR count). The third-order valence-corrected chi connectivity index (χ3v) is 5.57. The minimum absolute atomic E-state index is 0.186. The largest absolute Gasteiger partial charge is 0.477 e. The topological polar surface area (TPSA) is 131 Å². The lowest BCUT2D eigenvalue weighted by Crippen LogP contribution is -2.70. The van der Waals surface area contributed by atoms with E-state index in [1.54, 1.807) is 6.07 Å². The van der Waals surface area contributed by atoms with Gasteiger partial charge in [-0.25, -0.2) is 4.79 Å². The number of aryl methyl sites for hydroxylation is 1. The number of carbonyl (C=O) groups is 4. The summed E-state index contributed by atoms with van der Waals surface area (Å²) in [7, 11) is 0. The Bertz CT molecular complexity index is 848. The second-order valence-electron chi connectivity index (χ2n) is 5.93. The summed E-state index contributed by atoms with van der Waals surface area (Å²) in [6.07, 6.45) is 1.50. The predicted molar refractivity (Wildman–Crippen MR) is 93.5 cm³/mol. The van der Waals surface area contributed by atoms with Crippen LogP contribution in [0.1, 0.15) is 24.3 Å². The second-order valence-corrected chi connectivity index (χ2v) is 7.04. The first-order chi connectivity index (χ1) is 12.8. The number of aromatic nitrogens is 2. The third kappa shape index (κ3) is 3.42.